The fourth-order valence-corrected chi connectivity index (χ4v) is 2.88. The number of hydrogen-bond donors (Lipinski definition) is 1. The Morgan fingerprint density at radius 3 is 2.70 bits per heavy atom. The van der Waals surface area contributed by atoms with E-state index in [1.807, 2.05) is 23.1 Å². The van der Waals surface area contributed by atoms with Crippen molar-refractivity contribution in [3.8, 4) is 0 Å². The first-order valence-corrected chi connectivity index (χ1v) is 6.99. The van der Waals surface area contributed by atoms with Crippen LogP contribution in [0.25, 0.3) is 0 Å². The van der Waals surface area contributed by atoms with E-state index in [0.717, 1.165) is 37.9 Å². The van der Waals surface area contributed by atoms with Gasteiger partial charge in [-0.3, -0.25) is 4.79 Å². The highest BCUT2D eigenvalue weighted by Crippen LogP contribution is 2.29. The number of ether oxygens (including phenoxy) is 1. The van der Waals surface area contributed by atoms with Gasteiger partial charge in [0, 0.05) is 19.1 Å². The average molecular weight is 297 g/mol. The van der Waals surface area contributed by atoms with Crippen LogP contribution in [0.3, 0.4) is 0 Å². The summed E-state index contributed by atoms with van der Waals surface area (Å²) in [7, 11) is 0. The Morgan fingerprint density at radius 1 is 1.25 bits per heavy atom. The van der Waals surface area contributed by atoms with Crippen molar-refractivity contribution in [3.05, 3.63) is 35.4 Å². The Morgan fingerprint density at radius 2 is 1.95 bits per heavy atom. The highest BCUT2D eigenvalue weighted by atomic mass is 35.5. The van der Waals surface area contributed by atoms with Crippen molar-refractivity contribution in [2.45, 2.75) is 31.4 Å². The minimum Gasteiger partial charge on any atom is -0.363 e. The van der Waals surface area contributed by atoms with Crippen LogP contribution < -0.4 is 5.73 Å². The highest BCUT2D eigenvalue weighted by molar-refractivity contribution is 5.85. The monoisotopic (exact) mass is 296 g/mol. The lowest BCUT2D eigenvalue weighted by Gasteiger charge is -2.34. The van der Waals surface area contributed by atoms with E-state index in [4.69, 9.17) is 10.5 Å². The number of hydrogen-bond acceptors (Lipinski definition) is 3. The zero-order chi connectivity index (χ0) is 13.2. The lowest BCUT2D eigenvalue weighted by Crippen LogP contribution is -2.45. The van der Waals surface area contributed by atoms with Crippen LogP contribution in [0.5, 0.6) is 0 Å². The van der Waals surface area contributed by atoms with Crippen LogP contribution in [0.1, 0.15) is 30.1 Å². The third kappa shape index (κ3) is 2.97. The van der Waals surface area contributed by atoms with E-state index < -0.39 is 6.10 Å². The van der Waals surface area contributed by atoms with Crippen LogP contribution in [-0.4, -0.2) is 36.5 Å². The summed E-state index contributed by atoms with van der Waals surface area (Å²) in [4.78, 5) is 14.5. The maximum absolute atomic E-state index is 12.6. The van der Waals surface area contributed by atoms with Gasteiger partial charge >= 0.3 is 0 Å². The molecule has 2 aliphatic heterocycles. The quantitative estimate of drug-likeness (QED) is 0.858. The van der Waals surface area contributed by atoms with Gasteiger partial charge < -0.3 is 15.4 Å². The molecule has 2 aliphatic rings. The number of likely N-dealkylation sites (tertiary alicyclic amines) is 1. The molecule has 3 rings (SSSR count). The molecule has 1 amide bonds. The number of benzene rings is 1. The molecule has 0 bridgehead atoms. The largest absolute Gasteiger partial charge is 0.363 e. The molecule has 0 spiro atoms. The van der Waals surface area contributed by atoms with Crippen molar-refractivity contribution in [2.75, 3.05) is 19.7 Å². The zero-order valence-electron chi connectivity index (χ0n) is 11.5. The van der Waals surface area contributed by atoms with E-state index in [-0.39, 0.29) is 24.4 Å². The topological polar surface area (TPSA) is 55.6 Å². The number of carbonyl (C=O) groups excluding carboxylic acids is 1. The number of rotatable bonds is 1. The Labute approximate surface area is 125 Å². The van der Waals surface area contributed by atoms with Crippen LogP contribution in [0.15, 0.2) is 24.3 Å². The summed E-state index contributed by atoms with van der Waals surface area (Å²) >= 11 is 0. The number of nitrogens with zero attached hydrogens (tertiary/aromatic N) is 1. The first-order valence-electron chi connectivity index (χ1n) is 6.99. The van der Waals surface area contributed by atoms with Gasteiger partial charge in [0.2, 0.25) is 0 Å². The Hall–Kier alpha value is -1.10. The van der Waals surface area contributed by atoms with Crippen LogP contribution in [-0.2, 0) is 16.0 Å². The van der Waals surface area contributed by atoms with E-state index in [2.05, 4.69) is 6.07 Å². The van der Waals surface area contributed by atoms with Gasteiger partial charge in [0.25, 0.3) is 5.91 Å². The fraction of sp³-hybridized carbons (Fsp3) is 0.533. The lowest BCUT2D eigenvalue weighted by atomic mass is 9.96. The number of nitrogens with two attached hydrogens (primary N) is 1. The number of halogens is 1. The molecule has 1 fully saturated rings. The second-order valence-electron chi connectivity index (χ2n) is 5.36. The summed E-state index contributed by atoms with van der Waals surface area (Å²) in [5.74, 6) is 0.0963. The number of piperidine rings is 1. The summed E-state index contributed by atoms with van der Waals surface area (Å²) in [6.07, 6.45) is 2.25. The first kappa shape index (κ1) is 15.3. The van der Waals surface area contributed by atoms with E-state index in [1.54, 1.807) is 0 Å². The average Bonchev–Trinajstić information content (AvgIpc) is 2.47. The molecule has 20 heavy (non-hydrogen) atoms. The molecule has 2 N–H and O–H groups in total. The molecule has 5 heteroatoms. The molecule has 1 saturated heterocycles. The zero-order valence-corrected chi connectivity index (χ0v) is 12.3. The van der Waals surface area contributed by atoms with Crippen molar-refractivity contribution >= 4 is 18.3 Å². The van der Waals surface area contributed by atoms with Crippen LogP contribution in [0.4, 0.5) is 0 Å². The standard InChI is InChI=1S/C15H20N2O2.ClH/c16-12-5-8-17(9-6-12)15(18)14-13-4-2-1-3-11(13)7-10-19-14;/h1-4,12,14H,5-10,16H2;1H. The van der Waals surface area contributed by atoms with Gasteiger partial charge in [0.1, 0.15) is 0 Å². The van der Waals surface area contributed by atoms with Crippen molar-refractivity contribution in [1.29, 1.82) is 0 Å². The van der Waals surface area contributed by atoms with Gasteiger partial charge in [-0.05, 0) is 30.4 Å². The molecule has 2 heterocycles. The molecule has 110 valence electrons. The predicted octanol–water partition coefficient (Wildman–Crippen LogP) is 1.67. The van der Waals surface area contributed by atoms with E-state index >= 15 is 0 Å². The van der Waals surface area contributed by atoms with E-state index in [0.29, 0.717) is 6.61 Å². The maximum atomic E-state index is 12.6. The summed E-state index contributed by atoms with van der Waals surface area (Å²) in [5, 5.41) is 0. The third-order valence-corrected chi connectivity index (χ3v) is 4.07. The maximum Gasteiger partial charge on any atom is 0.256 e. The molecule has 1 unspecified atom stereocenters. The van der Waals surface area contributed by atoms with Crippen molar-refractivity contribution in [3.63, 3.8) is 0 Å². The second-order valence-corrected chi connectivity index (χ2v) is 5.36. The third-order valence-electron chi connectivity index (χ3n) is 4.07. The molecule has 0 saturated carbocycles. The Bertz CT molecular complexity index is 473. The molecule has 0 radical (unpaired) electrons. The van der Waals surface area contributed by atoms with Crippen molar-refractivity contribution in [2.24, 2.45) is 5.73 Å². The van der Waals surface area contributed by atoms with Gasteiger partial charge in [-0.15, -0.1) is 12.4 Å². The Kier molecular flexibility index (Phi) is 5.02. The molecular weight excluding hydrogens is 276 g/mol. The van der Waals surface area contributed by atoms with Crippen molar-refractivity contribution in [1.82, 2.24) is 4.90 Å². The van der Waals surface area contributed by atoms with E-state index in [9.17, 15) is 4.79 Å². The van der Waals surface area contributed by atoms with Crippen LogP contribution >= 0.6 is 12.4 Å². The number of amides is 1. The predicted molar refractivity (Wildman–Crippen MR) is 79.9 cm³/mol. The number of carbonyl (C=O) groups is 1. The summed E-state index contributed by atoms with van der Waals surface area (Å²) in [6.45, 7) is 2.13. The first-order chi connectivity index (χ1) is 9.25. The van der Waals surface area contributed by atoms with Crippen LogP contribution in [0, 0.1) is 0 Å². The molecule has 0 aliphatic carbocycles. The van der Waals surface area contributed by atoms with Gasteiger partial charge in [0.15, 0.2) is 6.10 Å². The second kappa shape index (κ2) is 6.57. The van der Waals surface area contributed by atoms with Gasteiger partial charge in [-0.25, -0.2) is 0 Å². The Balaban J connectivity index is 0.00000147. The van der Waals surface area contributed by atoms with Crippen molar-refractivity contribution < 1.29 is 9.53 Å². The fourth-order valence-electron chi connectivity index (χ4n) is 2.88. The SMILES string of the molecule is Cl.NC1CCN(C(=O)C2OCCc3ccccc32)CC1. The molecule has 4 nitrogen and oxygen atoms in total. The van der Waals surface area contributed by atoms with Gasteiger partial charge in [-0.1, -0.05) is 24.3 Å². The summed E-state index contributed by atoms with van der Waals surface area (Å²) in [6, 6.07) is 8.33. The highest BCUT2D eigenvalue weighted by Gasteiger charge is 2.32. The summed E-state index contributed by atoms with van der Waals surface area (Å²) in [5.41, 5.74) is 8.16. The smallest absolute Gasteiger partial charge is 0.256 e. The van der Waals surface area contributed by atoms with Gasteiger partial charge in [-0.2, -0.15) is 0 Å². The van der Waals surface area contributed by atoms with E-state index in [1.165, 1.54) is 5.56 Å². The van der Waals surface area contributed by atoms with Gasteiger partial charge in [0.05, 0.1) is 6.61 Å². The minimum atomic E-state index is -0.417. The number of fused-ring (bicyclic) bond motifs is 1. The molecule has 1 aromatic carbocycles. The van der Waals surface area contributed by atoms with Crippen LogP contribution in [0.2, 0.25) is 0 Å². The molecule has 1 aromatic rings. The normalized spacial score (nSPS) is 22.9. The lowest BCUT2D eigenvalue weighted by molar-refractivity contribution is -0.146. The molecular formula is C15H21ClN2O2. The minimum absolute atomic E-state index is 0. The molecule has 1 atom stereocenters. The molecule has 0 aromatic heterocycles. The summed E-state index contributed by atoms with van der Waals surface area (Å²) < 4.78 is 5.72.